The molecule has 3 rings (SSSR count). The Balaban J connectivity index is 2.01. The highest BCUT2D eigenvalue weighted by Crippen LogP contribution is 2.35. The minimum atomic E-state index is -3.30. The standard InChI is InChI=1S/C13H17N5O2S/c1-21(19,20)11-8-16-17-13(11)10-4-2-3-7-18(10)12-5-6-14-9-15-12/h5-6,8-10H,2-4,7H2,1H3,(H,16,17)/t10-/m1/s1. The number of rotatable bonds is 3. The summed E-state index contributed by atoms with van der Waals surface area (Å²) in [6.07, 6.45) is 8.77. The highest BCUT2D eigenvalue weighted by molar-refractivity contribution is 7.90. The largest absolute Gasteiger partial charge is 0.348 e. The molecular formula is C13H17N5O2S. The van der Waals surface area contributed by atoms with Crippen LogP contribution in [0.4, 0.5) is 5.82 Å². The maximum atomic E-state index is 11.9. The van der Waals surface area contributed by atoms with E-state index < -0.39 is 9.84 Å². The fourth-order valence-corrected chi connectivity index (χ4v) is 3.60. The van der Waals surface area contributed by atoms with Gasteiger partial charge >= 0.3 is 0 Å². The van der Waals surface area contributed by atoms with Crippen molar-refractivity contribution in [3.8, 4) is 0 Å². The quantitative estimate of drug-likeness (QED) is 0.920. The third-order valence-corrected chi connectivity index (χ3v) is 4.85. The molecule has 112 valence electrons. The van der Waals surface area contributed by atoms with E-state index >= 15 is 0 Å². The molecule has 1 atom stereocenters. The van der Waals surface area contributed by atoms with Crippen LogP contribution in [0.2, 0.25) is 0 Å². The SMILES string of the molecule is CS(=O)(=O)c1cn[nH]c1[C@H]1CCCCN1c1ccncn1. The van der Waals surface area contributed by atoms with E-state index in [0.29, 0.717) is 5.69 Å². The second-order valence-electron chi connectivity index (χ2n) is 5.19. The van der Waals surface area contributed by atoms with Crippen molar-refractivity contribution in [3.63, 3.8) is 0 Å². The Kier molecular flexibility index (Phi) is 3.62. The van der Waals surface area contributed by atoms with E-state index in [1.54, 1.807) is 6.20 Å². The van der Waals surface area contributed by atoms with Crippen molar-refractivity contribution < 1.29 is 8.42 Å². The van der Waals surface area contributed by atoms with Crippen molar-refractivity contribution >= 4 is 15.7 Å². The number of sulfone groups is 1. The maximum Gasteiger partial charge on any atom is 0.178 e. The number of hydrogen-bond donors (Lipinski definition) is 1. The number of H-pyrrole nitrogens is 1. The lowest BCUT2D eigenvalue weighted by Gasteiger charge is -2.36. The van der Waals surface area contributed by atoms with Crippen molar-refractivity contribution in [2.75, 3.05) is 17.7 Å². The molecule has 0 radical (unpaired) electrons. The Morgan fingerprint density at radius 2 is 2.24 bits per heavy atom. The van der Waals surface area contributed by atoms with Crippen molar-refractivity contribution in [2.45, 2.75) is 30.2 Å². The maximum absolute atomic E-state index is 11.9. The number of aromatic amines is 1. The molecule has 0 unspecified atom stereocenters. The molecule has 21 heavy (non-hydrogen) atoms. The number of nitrogens with zero attached hydrogens (tertiary/aromatic N) is 4. The zero-order valence-corrected chi connectivity index (χ0v) is 12.5. The number of anilines is 1. The van der Waals surface area contributed by atoms with Gasteiger partial charge in [-0.2, -0.15) is 5.10 Å². The van der Waals surface area contributed by atoms with Gasteiger partial charge in [-0.15, -0.1) is 0 Å². The average molecular weight is 307 g/mol. The molecule has 0 bridgehead atoms. The van der Waals surface area contributed by atoms with E-state index in [-0.39, 0.29) is 10.9 Å². The van der Waals surface area contributed by atoms with Crippen molar-refractivity contribution in [2.24, 2.45) is 0 Å². The summed E-state index contributed by atoms with van der Waals surface area (Å²) < 4.78 is 23.8. The van der Waals surface area contributed by atoms with Crippen LogP contribution in [-0.4, -0.2) is 41.4 Å². The first kappa shape index (κ1) is 14.0. The van der Waals surface area contributed by atoms with Crippen LogP contribution >= 0.6 is 0 Å². The van der Waals surface area contributed by atoms with Crippen LogP contribution in [-0.2, 0) is 9.84 Å². The van der Waals surface area contributed by atoms with Crippen LogP contribution in [0.5, 0.6) is 0 Å². The van der Waals surface area contributed by atoms with E-state index in [2.05, 4.69) is 25.1 Å². The van der Waals surface area contributed by atoms with Crippen molar-refractivity contribution in [1.29, 1.82) is 0 Å². The Labute approximate surface area is 123 Å². The molecule has 1 N–H and O–H groups in total. The molecule has 1 fully saturated rings. The molecule has 2 aromatic rings. The number of piperidine rings is 1. The summed E-state index contributed by atoms with van der Waals surface area (Å²) in [5.41, 5.74) is 0.649. The molecule has 0 spiro atoms. The number of nitrogens with one attached hydrogen (secondary N) is 1. The fraction of sp³-hybridized carbons (Fsp3) is 0.462. The van der Waals surface area contributed by atoms with Gasteiger partial charge in [0.15, 0.2) is 9.84 Å². The third kappa shape index (κ3) is 2.76. The second-order valence-corrected chi connectivity index (χ2v) is 7.18. The Morgan fingerprint density at radius 1 is 1.38 bits per heavy atom. The predicted octanol–water partition coefficient (Wildman–Crippen LogP) is 1.33. The summed E-state index contributed by atoms with van der Waals surface area (Å²) in [7, 11) is -3.30. The lowest BCUT2D eigenvalue weighted by atomic mass is 9.99. The minimum Gasteiger partial charge on any atom is -0.348 e. The highest BCUT2D eigenvalue weighted by atomic mass is 32.2. The van der Waals surface area contributed by atoms with Gasteiger partial charge in [0.25, 0.3) is 0 Å². The smallest absolute Gasteiger partial charge is 0.178 e. The van der Waals surface area contributed by atoms with Crippen LogP contribution in [0.25, 0.3) is 0 Å². The van der Waals surface area contributed by atoms with Gasteiger partial charge < -0.3 is 4.90 Å². The van der Waals surface area contributed by atoms with Crippen LogP contribution in [0, 0.1) is 0 Å². The van der Waals surface area contributed by atoms with Gasteiger partial charge in [-0.1, -0.05) is 0 Å². The molecule has 0 amide bonds. The third-order valence-electron chi connectivity index (χ3n) is 3.73. The molecule has 1 aliphatic heterocycles. The molecule has 0 aliphatic carbocycles. The predicted molar refractivity (Wildman–Crippen MR) is 77.7 cm³/mol. The van der Waals surface area contributed by atoms with Gasteiger partial charge in [0.2, 0.25) is 0 Å². The van der Waals surface area contributed by atoms with Crippen LogP contribution in [0.15, 0.2) is 29.7 Å². The molecule has 2 aromatic heterocycles. The van der Waals surface area contributed by atoms with Gasteiger partial charge in [0, 0.05) is 19.0 Å². The van der Waals surface area contributed by atoms with Crippen LogP contribution in [0.1, 0.15) is 31.0 Å². The van der Waals surface area contributed by atoms with Crippen LogP contribution in [0.3, 0.4) is 0 Å². The van der Waals surface area contributed by atoms with E-state index in [0.717, 1.165) is 31.6 Å². The molecular weight excluding hydrogens is 290 g/mol. The molecule has 8 heteroatoms. The summed E-state index contributed by atoms with van der Waals surface area (Å²) in [6.45, 7) is 0.837. The number of hydrogen-bond acceptors (Lipinski definition) is 6. The van der Waals surface area contributed by atoms with E-state index in [4.69, 9.17) is 0 Å². The molecule has 1 aliphatic rings. The molecule has 1 saturated heterocycles. The van der Waals surface area contributed by atoms with Crippen LogP contribution < -0.4 is 4.90 Å². The first-order valence-corrected chi connectivity index (χ1v) is 8.72. The van der Waals surface area contributed by atoms with Gasteiger partial charge in [-0.25, -0.2) is 18.4 Å². The highest BCUT2D eigenvalue weighted by Gasteiger charge is 2.30. The monoisotopic (exact) mass is 307 g/mol. The second kappa shape index (κ2) is 5.44. The first-order valence-electron chi connectivity index (χ1n) is 6.83. The average Bonchev–Trinajstić information content (AvgIpc) is 2.98. The summed E-state index contributed by atoms with van der Waals surface area (Å²) in [5, 5.41) is 6.80. The first-order chi connectivity index (χ1) is 10.1. The van der Waals surface area contributed by atoms with Gasteiger partial charge in [-0.05, 0) is 25.3 Å². The molecule has 0 aromatic carbocycles. The van der Waals surface area contributed by atoms with Gasteiger partial charge in [0.1, 0.15) is 17.0 Å². The summed E-state index contributed by atoms with van der Waals surface area (Å²) in [6, 6.07) is 1.79. The van der Waals surface area contributed by atoms with Gasteiger partial charge in [-0.3, -0.25) is 5.10 Å². The molecule has 3 heterocycles. The molecule has 0 saturated carbocycles. The Hall–Kier alpha value is -1.96. The molecule has 7 nitrogen and oxygen atoms in total. The number of aromatic nitrogens is 4. The van der Waals surface area contributed by atoms with Gasteiger partial charge in [0.05, 0.1) is 17.9 Å². The summed E-state index contributed by atoms with van der Waals surface area (Å²) in [4.78, 5) is 10.6. The lowest BCUT2D eigenvalue weighted by Crippen LogP contribution is -2.34. The van der Waals surface area contributed by atoms with Crippen molar-refractivity contribution in [3.05, 3.63) is 30.5 Å². The fourth-order valence-electron chi connectivity index (χ4n) is 2.78. The Morgan fingerprint density at radius 3 is 2.95 bits per heavy atom. The normalized spacial score (nSPS) is 19.7. The minimum absolute atomic E-state index is 0.0547. The topological polar surface area (TPSA) is 91.8 Å². The lowest BCUT2D eigenvalue weighted by molar-refractivity contribution is 0.455. The zero-order valence-electron chi connectivity index (χ0n) is 11.7. The summed E-state index contributed by atoms with van der Waals surface area (Å²) >= 11 is 0. The Bertz CT molecular complexity index is 713. The zero-order chi connectivity index (χ0) is 14.9. The van der Waals surface area contributed by atoms with Crippen molar-refractivity contribution in [1.82, 2.24) is 20.2 Å². The van der Waals surface area contributed by atoms with E-state index in [1.807, 2.05) is 6.07 Å². The van der Waals surface area contributed by atoms with E-state index in [1.165, 1.54) is 18.8 Å². The van der Waals surface area contributed by atoms with E-state index in [9.17, 15) is 8.42 Å². The summed E-state index contributed by atoms with van der Waals surface area (Å²) in [5.74, 6) is 0.809.